The molecule has 47 heavy (non-hydrogen) atoms. The van der Waals surface area contributed by atoms with Crippen LogP contribution in [0.25, 0.3) is 22.3 Å². The number of fused-ring (bicyclic) bond motifs is 3. The number of nitrogens with two attached hydrogens (primary N) is 1. The van der Waals surface area contributed by atoms with Crippen LogP contribution in [0.2, 0.25) is 5.02 Å². The smallest absolute Gasteiger partial charge is 0.225 e. The van der Waals surface area contributed by atoms with E-state index in [0.29, 0.717) is 52.5 Å². The average Bonchev–Trinajstić information content (AvgIpc) is 3.83. The number of halogens is 2. The normalized spacial score (nSPS) is 16.0. The van der Waals surface area contributed by atoms with Crippen molar-refractivity contribution in [3.63, 3.8) is 0 Å². The van der Waals surface area contributed by atoms with Crippen molar-refractivity contribution >= 4 is 56.2 Å². The molecule has 2 aliphatic rings. The van der Waals surface area contributed by atoms with Crippen molar-refractivity contribution in [2.75, 3.05) is 30.8 Å². The largest absolute Gasteiger partial charge is 0.400 e. The highest BCUT2D eigenvalue weighted by molar-refractivity contribution is 7.17. The fourth-order valence-corrected chi connectivity index (χ4v) is 7.18. The van der Waals surface area contributed by atoms with Crippen LogP contribution in [0.5, 0.6) is 0 Å². The zero-order chi connectivity index (χ0) is 35.4. The van der Waals surface area contributed by atoms with E-state index < -0.39 is 5.83 Å². The van der Waals surface area contributed by atoms with Crippen LogP contribution in [0.15, 0.2) is 17.8 Å². The summed E-state index contributed by atoms with van der Waals surface area (Å²) in [5.74, 6) is 1.70. The Morgan fingerprint density at radius 1 is 1.26 bits per heavy atom. The molecule has 7 nitrogen and oxygen atoms in total. The fraction of sp³-hybridized carbons (Fsp3) is 0.541. The van der Waals surface area contributed by atoms with Gasteiger partial charge in [0.2, 0.25) is 5.95 Å². The minimum absolute atomic E-state index is 0.262. The van der Waals surface area contributed by atoms with Gasteiger partial charge in [0.05, 0.1) is 34.2 Å². The van der Waals surface area contributed by atoms with Gasteiger partial charge in [0, 0.05) is 42.9 Å². The van der Waals surface area contributed by atoms with E-state index in [-0.39, 0.29) is 10.6 Å². The number of rotatable bonds is 7. The summed E-state index contributed by atoms with van der Waals surface area (Å²) < 4.78 is 21.1. The Hall–Kier alpha value is -3.03. The number of nitrogen functional groups attached to an aromatic ring is 1. The Bertz CT molecular complexity index is 1610. The van der Waals surface area contributed by atoms with Crippen molar-refractivity contribution in [1.82, 2.24) is 9.97 Å². The van der Waals surface area contributed by atoms with Gasteiger partial charge in [-0.15, -0.1) is 11.3 Å². The molecule has 2 aromatic heterocycles. The average molecular weight is 686 g/mol. The number of nitriles is 1. The molecular formula is C37H53ClFN5O2S. The molecule has 258 valence electrons. The van der Waals surface area contributed by atoms with Crippen molar-refractivity contribution in [1.29, 1.82) is 5.26 Å². The van der Waals surface area contributed by atoms with E-state index in [4.69, 9.17) is 32.2 Å². The number of ether oxygens (including phenoxy) is 1. The molecule has 4 heterocycles. The van der Waals surface area contributed by atoms with E-state index in [1.54, 1.807) is 6.92 Å². The van der Waals surface area contributed by atoms with E-state index in [1.807, 2.05) is 33.9 Å². The SMILES string of the molecule is C/C=C(/F)c1sc(N)c(C#N)c1/C(=C(\C)CC)c1c2c(c3cnc(N4CCC(C)C4)nc3c1Cl)COC2.CC.CCCC(C)C.CO. The Kier molecular flexibility index (Phi) is 16.3. The molecule has 0 spiro atoms. The highest BCUT2D eigenvalue weighted by Gasteiger charge is 2.32. The second kappa shape index (κ2) is 19.1. The van der Waals surface area contributed by atoms with Crippen LogP contribution in [0.1, 0.15) is 121 Å². The van der Waals surface area contributed by atoms with Gasteiger partial charge in [-0.1, -0.05) is 84.6 Å². The van der Waals surface area contributed by atoms with Crippen LogP contribution in [0.3, 0.4) is 0 Å². The van der Waals surface area contributed by atoms with Gasteiger partial charge >= 0.3 is 0 Å². The topological polar surface area (TPSA) is 108 Å². The third kappa shape index (κ3) is 8.91. The molecule has 2 aliphatic heterocycles. The molecule has 3 aromatic rings. The standard InChI is InChI=1S/C28H29ClFN5OS.C6H14.C2H6.CH4O/c1-5-15(4)21(23-16(9-31)27(32)37-26(23)20(30)6-2)22-19-13-36-12-18(19)17-10-33-28(34-25(17)24(22)29)35-8-7-14(3)11-35;1-4-5-6(2)3;2*1-2/h6,10,14H,5,7-8,11-13,32H2,1-4H3;6H,4-5H2,1-3H3;1-2H3;2H,1H3/b20-6+,21-15+;;;. The molecule has 5 rings (SSSR count). The van der Waals surface area contributed by atoms with Crippen LogP contribution in [-0.2, 0) is 18.0 Å². The number of nitrogens with zero attached hydrogens (tertiary/aromatic N) is 4. The first-order valence-corrected chi connectivity index (χ1v) is 17.9. The lowest BCUT2D eigenvalue weighted by molar-refractivity contribution is 0.135. The van der Waals surface area contributed by atoms with E-state index in [2.05, 4.69) is 43.6 Å². The first-order chi connectivity index (χ1) is 22.6. The van der Waals surface area contributed by atoms with Crippen LogP contribution in [-0.4, -0.2) is 35.3 Å². The van der Waals surface area contributed by atoms with Crippen molar-refractivity contribution in [2.24, 2.45) is 11.8 Å². The van der Waals surface area contributed by atoms with E-state index >= 15 is 4.39 Å². The number of allylic oxidation sites excluding steroid dienone is 2. The lowest BCUT2D eigenvalue weighted by Crippen LogP contribution is -2.21. The third-order valence-electron chi connectivity index (χ3n) is 8.23. The second-order valence-electron chi connectivity index (χ2n) is 11.9. The summed E-state index contributed by atoms with van der Waals surface area (Å²) in [6.07, 6.45) is 7.71. The third-order valence-corrected chi connectivity index (χ3v) is 9.63. The van der Waals surface area contributed by atoms with E-state index in [1.165, 1.54) is 18.9 Å². The predicted octanol–water partition coefficient (Wildman–Crippen LogP) is 10.3. The minimum atomic E-state index is -0.424. The zero-order valence-electron chi connectivity index (χ0n) is 29.9. The number of aliphatic hydroxyl groups excluding tert-OH is 1. The molecule has 1 fully saturated rings. The Labute approximate surface area is 290 Å². The molecule has 1 aromatic carbocycles. The Balaban J connectivity index is 0.000000683. The maximum atomic E-state index is 15.2. The van der Waals surface area contributed by atoms with Crippen molar-refractivity contribution in [2.45, 2.75) is 101 Å². The molecule has 0 bridgehead atoms. The number of hydrogen-bond donors (Lipinski definition) is 2. The summed E-state index contributed by atoms with van der Waals surface area (Å²) in [6, 6.07) is 2.22. The molecule has 0 radical (unpaired) electrons. The Morgan fingerprint density at radius 2 is 1.91 bits per heavy atom. The molecule has 0 saturated carbocycles. The zero-order valence-corrected chi connectivity index (χ0v) is 31.4. The lowest BCUT2D eigenvalue weighted by Gasteiger charge is -2.21. The highest BCUT2D eigenvalue weighted by atomic mass is 35.5. The summed E-state index contributed by atoms with van der Waals surface area (Å²) in [5.41, 5.74) is 12.0. The second-order valence-corrected chi connectivity index (χ2v) is 13.3. The minimum Gasteiger partial charge on any atom is -0.400 e. The number of aliphatic hydroxyl groups is 1. The molecule has 0 aliphatic carbocycles. The van der Waals surface area contributed by atoms with Gasteiger partial charge in [-0.2, -0.15) is 5.26 Å². The van der Waals surface area contributed by atoms with Gasteiger partial charge < -0.3 is 20.5 Å². The quantitative estimate of drug-likeness (QED) is 0.255. The summed E-state index contributed by atoms with van der Waals surface area (Å²) in [5, 5.41) is 18.7. The van der Waals surface area contributed by atoms with Crippen LogP contribution < -0.4 is 10.6 Å². The van der Waals surface area contributed by atoms with E-state index in [0.717, 1.165) is 77.1 Å². The summed E-state index contributed by atoms with van der Waals surface area (Å²) >= 11 is 8.31. The van der Waals surface area contributed by atoms with Crippen LogP contribution in [0, 0.1) is 23.2 Å². The number of hydrogen-bond acceptors (Lipinski definition) is 8. The summed E-state index contributed by atoms with van der Waals surface area (Å²) in [4.78, 5) is 12.1. The molecule has 3 N–H and O–H groups in total. The number of thiophene rings is 1. The fourth-order valence-electron chi connectivity index (χ4n) is 5.84. The molecule has 10 heteroatoms. The number of anilines is 2. The highest BCUT2D eigenvalue weighted by Crippen LogP contribution is 2.49. The number of aromatic nitrogens is 2. The molecule has 0 amide bonds. The first-order valence-electron chi connectivity index (χ1n) is 16.7. The lowest BCUT2D eigenvalue weighted by atomic mass is 9.85. The molecular weight excluding hydrogens is 633 g/mol. The monoisotopic (exact) mass is 685 g/mol. The maximum Gasteiger partial charge on any atom is 0.225 e. The van der Waals surface area contributed by atoms with Crippen molar-refractivity contribution < 1.29 is 14.2 Å². The Morgan fingerprint density at radius 3 is 2.43 bits per heavy atom. The summed E-state index contributed by atoms with van der Waals surface area (Å²) in [6.45, 7) is 21.2. The van der Waals surface area contributed by atoms with Crippen molar-refractivity contribution in [3.8, 4) is 6.07 Å². The maximum absolute atomic E-state index is 15.2. The first kappa shape index (κ1) is 40.1. The van der Waals surface area contributed by atoms with Gasteiger partial charge in [-0.25, -0.2) is 14.4 Å². The van der Waals surface area contributed by atoms with E-state index in [9.17, 15) is 5.26 Å². The predicted molar refractivity (Wildman–Crippen MR) is 198 cm³/mol. The van der Waals surface area contributed by atoms with Gasteiger partial charge in [0.1, 0.15) is 16.9 Å². The molecule has 1 unspecified atom stereocenters. The van der Waals surface area contributed by atoms with Gasteiger partial charge in [-0.05, 0) is 55.2 Å². The van der Waals surface area contributed by atoms with Gasteiger partial charge in [0.25, 0.3) is 0 Å². The van der Waals surface area contributed by atoms with Crippen molar-refractivity contribution in [3.05, 3.63) is 55.6 Å². The molecule has 1 saturated heterocycles. The van der Waals surface area contributed by atoms with Gasteiger partial charge in [-0.3, -0.25) is 0 Å². The number of benzene rings is 1. The van der Waals surface area contributed by atoms with Crippen LogP contribution in [0.4, 0.5) is 15.3 Å². The van der Waals surface area contributed by atoms with Crippen LogP contribution >= 0.6 is 22.9 Å². The molecule has 1 atom stereocenters. The summed E-state index contributed by atoms with van der Waals surface area (Å²) in [7, 11) is 1.00. The van der Waals surface area contributed by atoms with Gasteiger partial charge in [0.15, 0.2) is 0 Å².